The maximum atomic E-state index is 12.0. The monoisotopic (exact) mass is 451 g/mol. The van der Waals surface area contributed by atoms with Crippen molar-refractivity contribution in [3.05, 3.63) is 47.5 Å². The minimum Gasteiger partial charge on any atom is -0.489 e. The molecular weight excluding hydrogens is 422 g/mol. The first-order valence-electron chi connectivity index (χ1n) is 10.8. The zero-order valence-electron chi connectivity index (χ0n) is 18.9. The van der Waals surface area contributed by atoms with E-state index >= 15 is 0 Å². The standard InChI is InChI=1S/C24H29N5O2S/c1-14(2)31-21-11-8-15(12-19(21)25)23-27-28-24(32-23)18-7-5-6-17-16(18)9-10-20(17)26-13-22(30)29(3)4/h5-8,11-12,14,20,26H,9-10,13,25H2,1-4H3/t20-/m1/s1. The van der Waals surface area contributed by atoms with Gasteiger partial charge in [0.2, 0.25) is 5.91 Å². The molecule has 32 heavy (non-hydrogen) atoms. The number of ether oxygens (including phenoxy) is 1. The van der Waals surface area contributed by atoms with Crippen LogP contribution in [0.2, 0.25) is 0 Å². The van der Waals surface area contributed by atoms with E-state index in [1.807, 2.05) is 32.0 Å². The number of hydrogen-bond acceptors (Lipinski definition) is 7. The van der Waals surface area contributed by atoms with E-state index in [-0.39, 0.29) is 18.1 Å². The smallest absolute Gasteiger partial charge is 0.236 e. The lowest BCUT2D eigenvalue weighted by atomic mass is 10.0. The molecule has 168 valence electrons. The van der Waals surface area contributed by atoms with Gasteiger partial charge in [0.15, 0.2) is 0 Å². The molecule has 1 atom stereocenters. The molecule has 1 amide bonds. The van der Waals surface area contributed by atoms with Crippen LogP contribution in [0.5, 0.6) is 5.75 Å². The normalized spacial score (nSPS) is 15.1. The van der Waals surface area contributed by atoms with Crippen LogP contribution >= 0.6 is 11.3 Å². The summed E-state index contributed by atoms with van der Waals surface area (Å²) in [7, 11) is 3.55. The highest BCUT2D eigenvalue weighted by Crippen LogP contribution is 2.40. The summed E-state index contributed by atoms with van der Waals surface area (Å²) >= 11 is 1.56. The van der Waals surface area contributed by atoms with Crippen molar-refractivity contribution in [2.75, 3.05) is 26.4 Å². The Kier molecular flexibility index (Phi) is 6.43. The molecule has 0 radical (unpaired) electrons. The number of nitrogens with zero attached hydrogens (tertiary/aromatic N) is 3. The van der Waals surface area contributed by atoms with Gasteiger partial charge in [-0.2, -0.15) is 0 Å². The lowest BCUT2D eigenvalue weighted by Crippen LogP contribution is -2.34. The highest BCUT2D eigenvalue weighted by Gasteiger charge is 2.26. The number of nitrogens with one attached hydrogen (secondary N) is 1. The largest absolute Gasteiger partial charge is 0.489 e. The Labute approximate surface area is 192 Å². The Morgan fingerprint density at radius 3 is 2.75 bits per heavy atom. The number of hydrogen-bond donors (Lipinski definition) is 2. The summed E-state index contributed by atoms with van der Waals surface area (Å²) in [5, 5.41) is 14.0. The average Bonchev–Trinajstić information content (AvgIpc) is 3.40. The molecule has 1 aromatic heterocycles. The molecule has 0 fully saturated rings. The van der Waals surface area contributed by atoms with Crippen molar-refractivity contribution in [1.29, 1.82) is 0 Å². The SMILES string of the molecule is CC(C)Oc1ccc(-c2nnc(-c3cccc4c3CC[C@H]4NCC(=O)N(C)C)s2)cc1N. The lowest BCUT2D eigenvalue weighted by Gasteiger charge is -2.16. The molecule has 3 aromatic rings. The van der Waals surface area contributed by atoms with E-state index in [4.69, 9.17) is 10.5 Å². The van der Waals surface area contributed by atoms with Gasteiger partial charge >= 0.3 is 0 Å². The zero-order valence-corrected chi connectivity index (χ0v) is 19.7. The minimum atomic E-state index is 0.0655. The molecule has 4 rings (SSSR count). The summed E-state index contributed by atoms with van der Waals surface area (Å²) < 4.78 is 5.73. The number of nitrogens with two attached hydrogens (primary N) is 1. The van der Waals surface area contributed by atoms with Gasteiger partial charge in [-0.05, 0) is 56.0 Å². The summed E-state index contributed by atoms with van der Waals surface area (Å²) in [6, 6.07) is 12.2. The molecule has 0 aliphatic heterocycles. The van der Waals surface area contributed by atoms with Crippen LogP contribution < -0.4 is 15.8 Å². The second-order valence-electron chi connectivity index (χ2n) is 8.47. The van der Waals surface area contributed by atoms with Crippen LogP contribution in [0.4, 0.5) is 5.69 Å². The molecule has 0 saturated carbocycles. The Balaban J connectivity index is 1.56. The van der Waals surface area contributed by atoms with Crippen LogP contribution in [0.1, 0.15) is 37.4 Å². The topological polar surface area (TPSA) is 93.4 Å². The number of carbonyl (C=O) groups excluding carboxylic acids is 1. The summed E-state index contributed by atoms with van der Waals surface area (Å²) in [6.07, 6.45) is 1.98. The molecule has 0 spiro atoms. The molecule has 0 unspecified atom stereocenters. The van der Waals surface area contributed by atoms with Gasteiger partial charge in [0.05, 0.1) is 18.3 Å². The van der Waals surface area contributed by atoms with E-state index in [0.717, 1.165) is 34.0 Å². The number of likely N-dealkylation sites (N-methyl/N-ethyl adjacent to an activating group) is 1. The summed E-state index contributed by atoms with van der Waals surface area (Å²) in [6.45, 7) is 4.29. The highest BCUT2D eigenvalue weighted by atomic mass is 32.1. The number of amides is 1. The van der Waals surface area contributed by atoms with Crippen LogP contribution in [-0.4, -0.2) is 47.7 Å². The number of fused-ring (bicyclic) bond motifs is 1. The highest BCUT2D eigenvalue weighted by molar-refractivity contribution is 7.17. The maximum absolute atomic E-state index is 12.0. The quantitative estimate of drug-likeness (QED) is 0.529. The second-order valence-corrected chi connectivity index (χ2v) is 9.44. The average molecular weight is 452 g/mol. The third kappa shape index (κ3) is 4.61. The number of rotatable bonds is 7. The van der Waals surface area contributed by atoms with E-state index in [2.05, 4.69) is 33.7 Å². The van der Waals surface area contributed by atoms with E-state index in [1.165, 1.54) is 11.1 Å². The van der Waals surface area contributed by atoms with E-state index < -0.39 is 0 Å². The summed E-state index contributed by atoms with van der Waals surface area (Å²) in [4.78, 5) is 13.6. The van der Waals surface area contributed by atoms with Crippen LogP contribution in [0, 0.1) is 0 Å². The molecule has 0 bridgehead atoms. The fraction of sp³-hybridized carbons (Fsp3) is 0.375. The first-order chi connectivity index (χ1) is 15.3. The maximum Gasteiger partial charge on any atom is 0.236 e. The molecular formula is C24H29N5O2S. The number of nitrogen functional groups attached to an aromatic ring is 1. The van der Waals surface area contributed by atoms with Crippen molar-refractivity contribution >= 4 is 22.9 Å². The number of benzene rings is 2. The van der Waals surface area contributed by atoms with E-state index in [9.17, 15) is 4.79 Å². The molecule has 1 aliphatic rings. The van der Waals surface area contributed by atoms with Crippen molar-refractivity contribution in [2.45, 2.75) is 38.8 Å². The van der Waals surface area contributed by atoms with Gasteiger partial charge < -0.3 is 20.7 Å². The first kappa shape index (κ1) is 22.2. The van der Waals surface area contributed by atoms with Crippen molar-refractivity contribution in [1.82, 2.24) is 20.4 Å². The van der Waals surface area contributed by atoms with Crippen molar-refractivity contribution < 1.29 is 9.53 Å². The third-order valence-electron chi connectivity index (χ3n) is 5.54. The molecule has 7 nitrogen and oxygen atoms in total. The van der Waals surface area contributed by atoms with Crippen molar-refractivity contribution in [3.63, 3.8) is 0 Å². The Hall–Kier alpha value is -2.97. The van der Waals surface area contributed by atoms with Gasteiger partial charge in [-0.25, -0.2) is 0 Å². The summed E-state index contributed by atoms with van der Waals surface area (Å²) in [5.74, 6) is 0.758. The van der Waals surface area contributed by atoms with Gasteiger partial charge in [-0.3, -0.25) is 4.79 Å². The molecule has 1 aliphatic carbocycles. The number of anilines is 1. The fourth-order valence-electron chi connectivity index (χ4n) is 3.93. The Morgan fingerprint density at radius 2 is 2.03 bits per heavy atom. The number of carbonyl (C=O) groups is 1. The predicted octanol–water partition coefficient (Wildman–Crippen LogP) is 3.91. The van der Waals surface area contributed by atoms with Gasteiger partial charge in [0.1, 0.15) is 15.8 Å². The molecule has 2 aromatic carbocycles. The molecule has 0 saturated heterocycles. The van der Waals surface area contributed by atoms with Crippen molar-refractivity contribution in [2.24, 2.45) is 0 Å². The van der Waals surface area contributed by atoms with E-state index in [0.29, 0.717) is 18.0 Å². The minimum absolute atomic E-state index is 0.0655. The fourth-order valence-corrected chi connectivity index (χ4v) is 4.82. The zero-order chi connectivity index (χ0) is 22.8. The van der Waals surface area contributed by atoms with Gasteiger partial charge in [0, 0.05) is 31.3 Å². The predicted molar refractivity (Wildman–Crippen MR) is 129 cm³/mol. The Morgan fingerprint density at radius 1 is 1.25 bits per heavy atom. The lowest BCUT2D eigenvalue weighted by molar-refractivity contribution is -0.127. The molecule has 3 N–H and O–H groups in total. The van der Waals surface area contributed by atoms with Gasteiger partial charge in [0.25, 0.3) is 0 Å². The van der Waals surface area contributed by atoms with Crippen molar-refractivity contribution in [3.8, 4) is 26.9 Å². The number of aromatic nitrogens is 2. The van der Waals surface area contributed by atoms with Crippen LogP contribution in [0.3, 0.4) is 0 Å². The van der Waals surface area contributed by atoms with Gasteiger partial charge in [-0.1, -0.05) is 29.5 Å². The van der Waals surface area contributed by atoms with E-state index in [1.54, 1.807) is 30.3 Å². The Bertz CT molecular complexity index is 1130. The second kappa shape index (κ2) is 9.26. The first-order valence-corrected chi connectivity index (χ1v) is 11.6. The van der Waals surface area contributed by atoms with Crippen LogP contribution in [-0.2, 0) is 11.2 Å². The molecule has 1 heterocycles. The van der Waals surface area contributed by atoms with Crippen LogP contribution in [0.15, 0.2) is 36.4 Å². The van der Waals surface area contributed by atoms with Crippen LogP contribution in [0.25, 0.3) is 21.1 Å². The van der Waals surface area contributed by atoms with Gasteiger partial charge in [-0.15, -0.1) is 10.2 Å². The summed E-state index contributed by atoms with van der Waals surface area (Å²) in [5.41, 5.74) is 11.3. The third-order valence-corrected chi connectivity index (χ3v) is 6.55. The molecule has 8 heteroatoms.